The number of fused-ring (bicyclic) bond motifs is 2. The molecule has 0 bridgehead atoms. The van der Waals surface area contributed by atoms with Crippen molar-refractivity contribution in [1.82, 2.24) is 5.32 Å². The van der Waals surface area contributed by atoms with Crippen molar-refractivity contribution in [1.29, 1.82) is 0 Å². The Morgan fingerprint density at radius 2 is 1.92 bits per heavy atom. The second-order valence-electron chi connectivity index (χ2n) is 7.02. The number of carbonyl (C=O) groups is 1. The van der Waals surface area contributed by atoms with E-state index in [0.717, 1.165) is 25.7 Å². The van der Waals surface area contributed by atoms with Crippen LogP contribution in [0.1, 0.15) is 43.2 Å². The van der Waals surface area contributed by atoms with Crippen molar-refractivity contribution in [2.24, 2.45) is 0 Å². The van der Waals surface area contributed by atoms with Crippen molar-refractivity contribution < 1.29 is 14.6 Å². The van der Waals surface area contributed by atoms with E-state index >= 15 is 0 Å². The van der Waals surface area contributed by atoms with Gasteiger partial charge in [-0.15, -0.1) is 0 Å². The first-order valence-electron chi connectivity index (χ1n) is 8.54. The molecule has 1 amide bonds. The number of amides is 1. The van der Waals surface area contributed by atoms with Gasteiger partial charge >= 0.3 is 6.09 Å². The lowest BCUT2D eigenvalue weighted by molar-refractivity contribution is -0.0320. The number of alkyl halides is 3. The molecule has 2 aliphatic rings. The molecular formula is C18H22Cl3NO3. The maximum absolute atomic E-state index is 11.7. The minimum Gasteiger partial charge on any atom is -0.445 e. The van der Waals surface area contributed by atoms with Crippen molar-refractivity contribution in [3.8, 4) is 0 Å². The SMILES string of the molecule is O=C(NCCC1(O)Cc2ccccc2C12CCCC2)OCC(Cl)(Cl)Cl. The zero-order valence-electron chi connectivity index (χ0n) is 13.9. The molecule has 2 aliphatic carbocycles. The highest BCUT2D eigenvalue weighted by Crippen LogP contribution is 2.56. The van der Waals surface area contributed by atoms with Crippen molar-refractivity contribution >= 4 is 40.9 Å². The molecule has 25 heavy (non-hydrogen) atoms. The fraction of sp³-hybridized carbons (Fsp3) is 0.611. The molecule has 4 nitrogen and oxygen atoms in total. The number of alkyl carbamates (subject to hydrolysis) is 1. The maximum Gasteiger partial charge on any atom is 0.407 e. The molecule has 1 saturated carbocycles. The summed E-state index contributed by atoms with van der Waals surface area (Å²) in [4.78, 5) is 11.7. The predicted octanol–water partition coefficient (Wildman–Crippen LogP) is 4.27. The van der Waals surface area contributed by atoms with Gasteiger partial charge in [-0.3, -0.25) is 0 Å². The predicted molar refractivity (Wildman–Crippen MR) is 99.5 cm³/mol. The average Bonchev–Trinajstić information content (AvgIpc) is 3.12. The summed E-state index contributed by atoms with van der Waals surface area (Å²) in [5.41, 5.74) is 1.43. The molecule has 1 aromatic rings. The van der Waals surface area contributed by atoms with E-state index in [9.17, 15) is 9.90 Å². The number of benzene rings is 1. The van der Waals surface area contributed by atoms with Crippen molar-refractivity contribution in [3.05, 3.63) is 35.4 Å². The van der Waals surface area contributed by atoms with E-state index in [4.69, 9.17) is 39.5 Å². The van der Waals surface area contributed by atoms with E-state index in [2.05, 4.69) is 17.4 Å². The van der Waals surface area contributed by atoms with Gasteiger partial charge in [0.15, 0.2) is 0 Å². The van der Waals surface area contributed by atoms with Crippen molar-refractivity contribution in [2.45, 2.75) is 53.3 Å². The smallest absolute Gasteiger partial charge is 0.407 e. The number of ether oxygens (including phenoxy) is 1. The summed E-state index contributed by atoms with van der Waals surface area (Å²) >= 11 is 16.7. The van der Waals surface area contributed by atoms with E-state index in [-0.39, 0.29) is 12.0 Å². The molecule has 7 heteroatoms. The van der Waals surface area contributed by atoms with Gasteiger partial charge in [-0.05, 0) is 30.4 Å². The van der Waals surface area contributed by atoms with Crippen LogP contribution in [0.5, 0.6) is 0 Å². The first-order valence-corrected chi connectivity index (χ1v) is 9.67. The quantitative estimate of drug-likeness (QED) is 0.734. The summed E-state index contributed by atoms with van der Waals surface area (Å²) in [7, 11) is 0. The lowest BCUT2D eigenvalue weighted by atomic mass is 9.68. The third kappa shape index (κ3) is 3.87. The molecule has 1 aromatic carbocycles. The van der Waals surface area contributed by atoms with Crippen LogP contribution < -0.4 is 5.32 Å². The van der Waals surface area contributed by atoms with Gasteiger partial charge in [-0.2, -0.15) is 0 Å². The number of hydrogen-bond acceptors (Lipinski definition) is 3. The standard InChI is InChI=1S/C18H22Cl3NO3/c19-18(20,21)12-25-15(23)22-10-9-17(24)11-13-5-1-2-6-14(13)16(17)7-3-4-8-16/h1-2,5-6,24H,3-4,7-12H2,(H,22,23). The Balaban J connectivity index is 1.63. The molecule has 0 aromatic heterocycles. The zero-order chi connectivity index (χ0) is 18.1. The van der Waals surface area contributed by atoms with Crippen LogP contribution in [0.2, 0.25) is 0 Å². The summed E-state index contributed by atoms with van der Waals surface area (Å²) < 4.78 is 3.23. The maximum atomic E-state index is 11.7. The fourth-order valence-corrected chi connectivity index (χ4v) is 4.65. The van der Waals surface area contributed by atoms with E-state index in [1.54, 1.807) is 0 Å². The lowest BCUT2D eigenvalue weighted by Crippen LogP contribution is -2.49. The molecule has 2 N–H and O–H groups in total. The molecule has 1 fully saturated rings. The molecule has 1 spiro atoms. The average molecular weight is 407 g/mol. The van der Waals surface area contributed by atoms with Gasteiger partial charge in [0, 0.05) is 18.4 Å². The van der Waals surface area contributed by atoms with Gasteiger partial charge in [-0.1, -0.05) is 71.9 Å². The minimum atomic E-state index is -1.63. The van der Waals surface area contributed by atoms with Crippen LogP contribution in [0.3, 0.4) is 0 Å². The topological polar surface area (TPSA) is 58.6 Å². The number of halogens is 3. The first-order chi connectivity index (χ1) is 11.8. The number of nitrogens with one attached hydrogen (secondary N) is 1. The van der Waals surface area contributed by atoms with Gasteiger partial charge in [-0.25, -0.2) is 4.79 Å². The molecule has 0 aliphatic heterocycles. The minimum absolute atomic E-state index is 0.202. The highest BCUT2D eigenvalue weighted by atomic mass is 35.6. The van der Waals surface area contributed by atoms with E-state index < -0.39 is 15.5 Å². The van der Waals surface area contributed by atoms with Gasteiger partial charge in [0.25, 0.3) is 0 Å². The number of carbonyl (C=O) groups excluding carboxylic acids is 1. The molecular weight excluding hydrogens is 385 g/mol. The summed E-state index contributed by atoms with van der Waals surface area (Å²) in [6, 6.07) is 8.29. The lowest BCUT2D eigenvalue weighted by Gasteiger charge is -2.40. The monoisotopic (exact) mass is 405 g/mol. The Labute approximate surface area is 162 Å². The van der Waals surface area contributed by atoms with E-state index in [1.807, 2.05) is 12.1 Å². The highest BCUT2D eigenvalue weighted by Gasteiger charge is 2.57. The van der Waals surface area contributed by atoms with Crippen LogP contribution in [-0.4, -0.2) is 33.7 Å². The summed E-state index contributed by atoms with van der Waals surface area (Å²) in [6.45, 7) is -0.00588. The van der Waals surface area contributed by atoms with E-state index in [1.165, 1.54) is 11.1 Å². The van der Waals surface area contributed by atoms with Crippen LogP contribution in [0.4, 0.5) is 4.79 Å². The molecule has 0 radical (unpaired) electrons. The second kappa shape index (κ2) is 7.15. The third-order valence-corrected chi connectivity index (χ3v) is 5.87. The van der Waals surface area contributed by atoms with Gasteiger partial charge in [0.1, 0.15) is 6.61 Å². The first kappa shape index (κ1) is 19.1. The summed E-state index contributed by atoms with van der Waals surface area (Å²) in [5.74, 6) is 0. The Hall–Kier alpha value is -0.680. The number of aliphatic hydroxyl groups is 1. The number of rotatable bonds is 4. The largest absolute Gasteiger partial charge is 0.445 e. The Morgan fingerprint density at radius 3 is 2.60 bits per heavy atom. The van der Waals surface area contributed by atoms with Crippen molar-refractivity contribution in [2.75, 3.05) is 13.2 Å². The van der Waals surface area contributed by atoms with Crippen LogP contribution in [0.15, 0.2) is 24.3 Å². The Kier molecular flexibility index (Phi) is 5.46. The normalized spacial score (nSPS) is 24.3. The highest BCUT2D eigenvalue weighted by molar-refractivity contribution is 6.67. The second-order valence-corrected chi connectivity index (χ2v) is 9.54. The zero-order valence-corrected chi connectivity index (χ0v) is 16.1. The van der Waals surface area contributed by atoms with Gasteiger partial charge < -0.3 is 15.2 Å². The van der Waals surface area contributed by atoms with Crippen LogP contribution in [0.25, 0.3) is 0 Å². The summed E-state index contributed by atoms with van der Waals surface area (Å²) in [6.07, 6.45) is 4.64. The van der Waals surface area contributed by atoms with Gasteiger partial charge in [0.05, 0.1) is 5.60 Å². The fourth-order valence-electron chi connectivity index (χ4n) is 4.49. The van der Waals surface area contributed by atoms with Crippen LogP contribution >= 0.6 is 34.8 Å². The van der Waals surface area contributed by atoms with Crippen LogP contribution in [-0.2, 0) is 16.6 Å². The molecule has 138 valence electrons. The molecule has 1 unspecified atom stereocenters. The molecule has 3 rings (SSSR count). The molecule has 0 saturated heterocycles. The van der Waals surface area contributed by atoms with Gasteiger partial charge in [0.2, 0.25) is 3.79 Å². The van der Waals surface area contributed by atoms with Crippen molar-refractivity contribution in [3.63, 3.8) is 0 Å². The Bertz CT molecular complexity index is 641. The number of hydrogen-bond donors (Lipinski definition) is 2. The van der Waals surface area contributed by atoms with Crippen LogP contribution in [0, 0.1) is 0 Å². The molecule has 0 heterocycles. The van der Waals surface area contributed by atoms with E-state index in [0.29, 0.717) is 19.4 Å². The third-order valence-electron chi connectivity index (χ3n) is 5.54. The summed E-state index contributed by atoms with van der Waals surface area (Å²) in [5, 5.41) is 14.1. The Morgan fingerprint density at radius 1 is 1.24 bits per heavy atom. The molecule has 1 atom stereocenters.